The molecule has 1 amide bonds. The summed E-state index contributed by atoms with van der Waals surface area (Å²) < 4.78 is 13.1. The number of carbonyl (C=O) groups excluding carboxylic acids is 1. The SMILES string of the molecule is CC(C)CNC(=O)C(C)NC(C)c1ccc(F)c(Cl)c1. The van der Waals surface area contributed by atoms with Crippen molar-refractivity contribution in [2.75, 3.05) is 6.54 Å². The fourth-order valence-corrected chi connectivity index (χ4v) is 1.98. The molecule has 0 saturated carbocycles. The highest BCUT2D eigenvalue weighted by molar-refractivity contribution is 6.30. The zero-order valence-electron chi connectivity index (χ0n) is 12.3. The first kappa shape index (κ1) is 16.9. The zero-order chi connectivity index (χ0) is 15.3. The second-order valence-corrected chi connectivity index (χ2v) is 5.83. The Labute approximate surface area is 124 Å². The van der Waals surface area contributed by atoms with Gasteiger partial charge in [-0.1, -0.05) is 31.5 Å². The van der Waals surface area contributed by atoms with E-state index in [0.29, 0.717) is 12.5 Å². The summed E-state index contributed by atoms with van der Waals surface area (Å²) in [6.07, 6.45) is 0. The molecule has 0 fully saturated rings. The second-order valence-electron chi connectivity index (χ2n) is 5.42. The molecule has 2 unspecified atom stereocenters. The molecule has 0 heterocycles. The number of amides is 1. The molecule has 1 aromatic carbocycles. The quantitative estimate of drug-likeness (QED) is 0.846. The average Bonchev–Trinajstić information content (AvgIpc) is 2.38. The van der Waals surface area contributed by atoms with Crippen LogP contribution in [0.15, 0.2) is 18.2 Å². The number of hydrogen-bond acceptors (Lipinski definition) is 2. The second kappa shape index (κ2) is 7.60. The Kier molecular flexibility index (Phi) is 6.43. The smallest absolute Gasteiger partial charge is 0.236 e. The highest BCUT2D eigenvalue weighted by Crippen LogP contribution is 2.20. The van der Waals surface area contributed by atoms with Crippen LogP contribution >= 0.6 is 11.6 Å². The summed E-state index contributed by atoms with van der Waals surface area (Å²) in [6.45, 7) is 8.46. The van der Waals surface area contributed by atoms with Crippen LogP contribution in [-0.4, -0.2) is 18.5 Å². The number of hydrogen-bond donors (Lipinski definition) is 2. The van der Waals surface area contributed by atoms with Gasteiger partial charge in [-0.15, -0.1) is 0 Å². The van der Waals surface area contributed by atoms with E-state index in [-0.39, 0.29) is 23.0 Å². The van der Waals surface area contributed by atoms with Gasteiger partial charge >= 0.3 is 0 Å². The van der Waals surface area contributed by atoms with Crippen LogP contribution < -0.4 is 10.6 Å². The summed E-state index contributed by atoms with van der Waals surface area (Å²) in [7, 11) is 0. The lowest BCUT2D eigenvalue weighted by Crippen LogP contribution is -2.44. The van der Waals surface area contributed by atoms with Crippen molar-refractivity contribution in [3.63, 3.8) is 0 Å². The molecule has 0 aliphatic carbocycles. The molecule has 0 spiro atoms. The van der Waals surface area contributed by atoms with E-state index in [2.05, 4.69) is 10.6 Å². The Morgan fingerprint density at radius 3 is 2.50 bits per heavy atom. The number of halogens is 2. The lowest BCUT2D eigenvalue weighted by Gasteiger charge is -2.20. The summed E-state index contributed by atoms with van der Waals surface area (Å²) in [5.74, 6) is -0.0661. The number of benzene rings is 1. The van der Waals surface area contributed by atoms with E-state index < -0.39 is 5.82 Å². The highest BCUT2D eigenvalue weighted by Gasteiger charge is 2.16. The van der Waals surface area contributed by atoms with Crippen molar-refractivity contribution >= 4 is 17.5 Å². The minimum absolute atomic E-state index is 0.0428. The van der Waals surface area contributed by atoms with Crippen LogP contribution in [0.2, 0.25) is 5.02 Å². The Hall–Kier alpha value is -1.13. The van der Waals surface area contributed by atoms with E-state index in [1.165, 1.54) is 6.07 Å². The van der Waals surface area contributed by atoms with Crippen molar-refractivity contribution in [1.29, 1.82) is 0 Å². The van der Waals surface area contributed by atoms with E-state index >= 15 is 0 Å². The maximum absolute atomic E-state index is 13.1. The van der Waals surface area contributed by atoms with Crippen LogP contribution in [0.3, 0.4) is 0 Å². The molecule has 5 heteroatoms. The average molecular weight is 301 g/mol. The van der Waals surface area contributed by atoms with Crippen LogP contribution in [0, 0.1) is 11.7 Å². The summed E-state index contributed by atoms with van der Waals surface area (Å²) in [5.41, 5.74) is 0.847. The van der Waals surface area contributed by atoms with Gasteiger partial charge in [0, 0.05) is 12.6 Å². The van der Waals surface area contributed by atoms with Gasteiger partial charge in [-0.25, -0.2) is 4.39 Å². The molecular weight excluding hydrogens is 279 g/mol. The van der Waals surface area contributed by atoms with Crippen LogP contribution in [0.1, 0.15) is 39.3 Å². The number of carbonyl (C=O) groups is 1. The molecule has 2 N–H and O–H groups in total. The Morgan fingerprint density at radius 1 is 1.30 bits per heavy atom. The first-order valence-electron chi connectivity index (χ1n) is 6.80. The minimum atomic E-state index is -0.439. The van der Waals surface area contributed by atoms with Gasteiger partial charge in [0.15, 0.2) is 0 Å². The van der Waals surface area contributed by atoms with E-state index in [1.54, 1.807) is 19.1 Å². The van der Waals surface area contributed by atoms with Crippen LogP contribution in [0.5, 0.6) is 0 Å². The van der Waals surface area contributed by atoms with E-state index in [0.717, 1.165) is 5.56 Å². The van der Waals surface area contributed by atoms with Crippen LogP contribution in [-0.2, 0) is 4.79 Å². The standard InChI is InChI=1S/C15H22ClFN2O/c1-9(2)8-18-15(20)11(4)19-10(3)12-5-6-14(17)13(16)7-12/h5-7,9-11,19H,8H2,1-4H3,(H,18,20). The molecule has 0 aliphatic heterocycles. The lowest BCUT2D eigenvalue weighted by atomic mass is 10.1. The lowest BCUT2D eigenvalue weighted by molar-refractivity contribution is -0.123. The molecule has 20 heavy (non-hydrogen) atoms. The molecule has 112 valence electrons. The highest BCUT2D eigenvalue weighted by atomic mass is 35.5. The zero-order valence-corrected chi connectivity index (χ0v) is 13.1. The van der Waals surface area contributed by atoms with Gasteiger partial charge in [0.2, 0.25) is 5.91 Å². The topological polar surface area (TPSA) is 41.1 Å². The molecule has 0 aromatic heterocycles. The Balaban J connectivity index is 2.58. The normalized spacial score (nSPS) is 14.2. The van der Waals surface area contributed by atoms with Crippen molar-refractivity contribution in [3.05, 3.63) is 34.6 Å². The molecule has 0 aliphatic rings. The number of nitrogens with one attached hydrogen (secondary N) is 2. The van der Waals surface area contributed by atoms with Gasteiger partial charge in [0.05, 0.1) is 11.1 Å². The maximum Gasteiger partial charge on any atom is 0.236 e. The summed E-state index contributed by atoms with van der Waals surface area (Å²) in [5, 5.41) is 6.14. The molecule has 0 radical (unpaired) electrons. The van der Waals surface area contributed by atoms with Gasteiger partial charge in [-0.3, -0.25) is 10.1 Å². The van der Waals surface area contributed by atoms with Crippen molar-refractivity contribution in [1.82, 2.24) is 10.6 Å². The third-order valence-electron chi connectivity index (χ3n) is 3.02. The molecule has 0 bridgehead atoms. The third kappa shape index (κ3) is 5.10. The molecule has 2 atom stereocenters. The van der Waals surface area contributed by atoms with Crippen LogP contribution in [0.25, 0.3) is 0 Å². The molecule has 1 rings (SSSR count). The van der Waals surface area contributed by atoms with E-state index in [9.17, 15) is 9.18 Å². The van der Waals surface area contributed by atoms with Gasteiger partial charge < -0.3 is 5.32 Å². The summed E-state index contributed by atoms with van der Waals surface area (Å²) in [4.78, 5) is 11.9. The van der Waals surface area contributed by atoms with Crippen molar-refractivity contribution in [2.45, 2.75) is 39.8 Å². The molecule has 0 saturated heterocycles. The first-order chi connectivity index (χ1) is 9.31. The Bertz CT molecular complexity index is 465. The fourth-order valence-electron chi connectivity index (χ4n) is 1.79. The monoisotopic (exact) mass is 300 g/mol. The van der Waals surface area contributed by atoms with Gasteiger partial charge in [-0.05, 0) is 37.5 Å². The van der Waals surface area contributed by atoms with E-state index in [4.69, 9.17) is 11.6 Å². The Morgan fingerprint density at radius 2 is 1.95 bits per heavy atom. The van der Waals surface area contributed by atoms with Crippen molar-refractivity contribution < 1.29 is 9.18 Å². The predicted molar refractivity (Wildman–Crippen MR) is 80.3 cm³/mol. The van der Waals surface area contributed by atoms with Gasteiger partial charge in [0.25, 0.3) is 0 Å². The number of rotatable bonds is 6. The fraction of sp³-hybridized carbons (Fsp3) is 0.533. The van der Waals surface area contributed by atoms with Crippen molar-refractivity contribution in [2.24, 2.45) is 5.92 Å². The third-order valence-corrected chi connectivity index (χ3v) is 3.31. The summed E-state index contributed by atoms with van der Waals surface area (Å²) >= 11 is 5.76. The summed E-state index contributed by atoms with van der Waals surface area (Å²) in [6, 6.07) is 4.16. The van der Waals surface area contributed by atoms with Gasteiger partial charge in [0.1, 0.15) is 5.82 Å². The van der Waals surface area contributed by atoms with Crippen molar-refractivity contribution in [3.8, 4) is 0 Å². The largest absolute Gasteiger partial charge is 0.354 e. The predicted octanol–water partition coefficient (Wildman–Crippen LogP) is 3.29. The molecular formula is C15H22ClFN2O. The molecule has 1 aromatic rings. The van der Waals surface area contributed by atoms with Crippen LogP contribution in [0.4, 0.5) is 4.39 Å². The van der Waals surface area contributed by atoms with E-state index in [1.807, 2.05) is 20.8 Å². The molecule has 3 nitrogen and oxygen atoms in total. The maximum atomic E-state index is 13.1. The van der Waals surface area contributed by atoms with Gasteiger partial charge in [-0.2, -0.15) is 0 Å². The first-order valence-corrected chi connectivity index (χ1v) is 7.17. The minimum Gasteiger partial charge on any atom is -0.354 e.